The van der Waals surface area contributed by atoms with Crippen molar-refractivity contribution >= 4 is 44.2 Å². The molecule has 1 amide bonds. The molecule has 0 saturated carbocycles. The SMILES string of the molecule is COc1ccc(-c2csc(NC(=O)C3CSCCN3S(=O)(=O)c3ccc(C)cc3)n2)cc1. The maximum absolute atomic E-state index is 13.2. The van der Waals surface area contributed by atoms with Crippen molar-refractivity contribution in [2.24, 2.45) is 0 Å². The van der Waals surface area contributed by atoms with Crippen LogP contribution in [0, 0.1) is 6.92 Å². The van der Waals surface area contributed by atoms with Crippen molar-refractivity contribution in [1.82, 2.24) is 9.29 Å². The van der Waals surface area contributed by atoms with Gasteiger partial charge in [-0.1, -0.05) is 17.7 Å². The average Bonchev–Trinajstić information content (AvgIpc) is 3.28. The molecule has 2 aromatic carbocycles. The first kappa shape index (κ1) is 22.8. The normalized spacial score (nSPS) is 17.1. The van der Waals surface area contributed by atoms with Crippen molar-refractivity contribution in [2.45, 2.75) is 17.9 Å². The molecule has 10 heteroatoms. The Morgan fingerprint density at radius 1 is 1.16 bits per heavy atom. The minimum Gasteiger partial charge on any atom is -0.497 e. The molecule has 1 aliphatic heterocycles. The maximum Gasteiger partial charge on any atom is 0.245 e. The molecule has 1 aromatic heterocycles. The van der Waals surface area contributed by atoms with Crippen LogP contribution < -0.4 is 10.1 Å². The monoisotopic (exact) mass is 489 g/mol. The van der Waals surface area contributed by atoms with Gasteiger partial charge in [0.2, 0.25) is 15.9 Å². The number of thioether (sulfide) groups is 1. The Labute approximate surface area is 195 Å². The molecule has 4 rings (SSSR count). The largest absolute Gasteiger partial charge is 0.497 e. The highest BCUT2D eigenvalue weighted by molar-refractivity contribution is 7.99. The number of sulfonamides is 1. The fourth-order valence-electron chi connectivity index (χ4n) is 3.34. The Balaban J connectivity index is 1.51. The van der Waals surface area contributed by atoms with E-state index in [1.54, 1.807) is 43.1 Å². The zero-order valence-corrected chi connectivity index (χ0v) is 20.1. The Morgan fingerprint density at radius 3 is 2.56 bits per heavy atom. The van der Waals surface area contributed by atoms with Gasteiger partial charge in [-0.05, 0) is 43.3 Å². The Kier molecular flexibility index (Phi) is 6.85. The van der Waals surface area contributed by atoms with Gasteiger partial charge in [-0.15, -0.1) is 11.3 Å². The van der Waals surface area contributed by atoms with Gasteiger partial charge in [0.05, 0.1) is 17.7 Å². The van der Waals surface area contributed by atoms with Crippen molar-refractivity contribution in [3.63, 3.8) is 0 Å². The minimum absolute atomic E-state index is 0.198. The van der Waals surface area contributed by atoms with Crippen LogP contribution in [0.4, 0.5) is 5.13 Å². The van der Waals surface area contributed by atoms with Gasteiger partial charge < -0.3 is 10.1 Å². The number of aryl methyl sites for hydroxylation is 1. The van der Waals surface area contributed by atoms with E-state index in [9.17, 15) is 13.2 Å². The highest BCUT2D eigenvalue weighted by atomic mass is 32.2. The lowest BCUT2D eigenvalue weighted by Gasteiger charge is -2.33. The second-order valence-electron chi connectivity index (χ2n) is 7.28. The molecule has 32 heavy (non-hydrogen) atoms. The smallest absolute Gasteiger partial charge is 0.245 e. The van der Waals surface area contributed by atoms with Crippen LogP contribution in [0.2, 0.25) is 0 Å². The van der Waals surface area contributed by atoms with Crippen LogP contribution in [0.25, 0.3) is 11.3 Å². The van der Waals surface area contributed by atoms with Crippen LogP contribution in [0.15, 0.2) is 58.8 Å². The van der Waals surface area contributed by atoms with Crippen molar-refractivity contribution in [3.8, 4) is 17.0 Å². The second kappa shape index (κ2) is 9.62. The summed E-state index contributed by atoms with van der Waals surface area (Å²) in [6, 6.07) is 13.4. The van der Waals surface area contributed by atoms with Crippen molar-refractivity contribution in [1.29, 1.82) is 0 Å². The lowest BCUT2D eigenvalue weighted by molar-refractivity contribution is -0.119. The number of hydrogen-bond donors (Lipinski definition) is 1. The number of nitrogens with zero attached hydrogens (tertiary/aromatic N) is 2. The van der Waals surface area contributed by atoms with E-state index in [0.29, 0.717) is 16.6 Å². The molecule has 0 spiro atoms. The zero-order valence-electron chi connectivity index (χ0n) is 17.6. The number of carbonyl (C=O) groups is 1. The molecule has 1 saturated heterocycles. The third-order valence-electron chi connectivity index (χ3n) is 5.13. The summed E-state index contributed by atoms with van der Waals surface area (Å²) >= 11 is 2.87. The van der Waals surface area contributed by atoms with Crippen molar-refractivity contribution in [2.75, 3.05) is 30.5 Å². The van der Waals surface area contributed by atoms with E-state index in [1.807, 2.05) is 36.6 Å². The summed E-state index contributed by atoms with van der Waals surface area (Å²) in [4.78, 5) is 17.8. The first-order valence-electron chi connectivity index (χ1n) is 9.95. The predicted octanol–water partition coefficient (Wildman–Crippen LogP) is 3.87. The van der Waals surface area contributed by atoms with Crippen LogP contribution in [-0.2, 0) is 14.8 Å². The topological polar surface area (TPSA) is 88.6 Å². The Hall–Kier alpha value is -2.40. The molecule has 2 heterocycles. The van der Waals surface area contributed by atoms with Gasteiger partial charge in [-0.3, -0.25) is 4.79 Å². The molecule has 168 valence electrons. The lowest BCUT2D eigenvalue weighted by Crippen LogP contribution is -2.52. The summed E-state index contributed by atoms with van der Waals surface area (Å²) in [6.07, 6.45) is 0. The first-order valence-corrected chi connectivity index (χ1v) is 13.4. The molecule has 1 aliphatic rings. The molecule has 0 aliphatic carbocycles. The molecule has 1 unspecified atom stereocenters. The number of rotatable bonds is 6. The number of hydrogen-bond acceptors (Lipinski definition) is 7. The highest BCUT2D eigenvalue weighted by Crippen LogP contribution is 2.29. The van der Waals surface area contributed by atoms with Gasteiger partial charge in [0.25, 0.3) is 0 Å². The fraction of sp³-hybridized carbons (Fsp3) is 0.273. The third-order valence-corrected chi connectivity index (χ3v) is 8.83. The van der Waals surface area contributed by atoms with E-state index in [4.69, 9.17) is 4.74 Å². The van der Waals surface area contributed by atoms with Crippen LogP contribution in [0.3, 0.4) is 0 Å². The quantitative estimate of drug-likeness (QED) is 0.566. The summed E-state index contributed by atoms with van der Waals surface area (Å²) in [5, 5.41) is 5.10. The molecule has 3 aromatic rings. The van der Waals surface area contributed by atoms with Crippen LogP contribution in [0.1, 0.15) is 5.56 Å². The summed E-state index contributed by atoms with van der Waals surface area (Å²) in [5.74, 6) is 1.42. The summed E-state index contributed by atoms with van der Waals surface area (Å²) in [5.41, 5.74) is 2.61. The van der Waals surface area contributed by atoms with E-state index in [1.165, 1.54) is 15.6 Å². The predicted molar refractivity (Wildman–Crippen MR) is 129 cm³/mol. The zero-order chi connectivity index (χ0) is 22.7. The number of methoxy groups -OCH3 is 1. The van der Waals surface area contributed by atoms with Gasteiger partial charge in [-0.25, -0.2) is 13.4 Å². The molecule has 1 N–H and O–H groups in total. The van der Waals surface area contributed by atoms with Crippen LogP contribution in [-0.4, -0.2) is 54.8 Å². The Bertz CT molecular complexity index is 1190. The van der Waals surface area contributed by atoms with Gasteiger partial charge in [0, 0.05) is 29.0 Å². The van der Waals surface area contributed by atoms with Crippen LogP contribution >= 0.6 is 23.1 Å². The van der Waals surface area contributed by atoms with E-state index in [0.717, 1.165) is 22.6 Å². The van der Waals surface area contributed by atoms with Gasteiger partial charge >= 0.3 is 0 Å². The number of carbonyl (C=O) groups excluding carboxylic acids is 1. The van der Waals surface area contributed by atoms with E-state index < -0.39 is 16.1 Å². The maximum atomic E-state index is 13.2. The summed E-state index contributed by atoms with van der Waals surface area (Å²) in [6.45, 7) is 2.19. The first-order chi connectivity index (χ1) is 15.4. The van der Waals surface area contributed by atoms with Crippen molar-refractivity contribution in [3.05, 3.63) is 59.5 Å². The van der Waals surface area contributed by atoms with Gasteiger partial charge in [-0.2, -0.15) is 16.1 Å². The third kappa shape index (κ3) is 4.83. The Morgan fingerprint density at radius 2 is 1.88 bits per heavy atom. The van der Waals surface area contributed by atoms with Crippen LogP contribution in [0.5, 0.6) is 5.75 Å². The van der Waals surface area contributed by atoms with Gasteiger partial charge in [0.1, 0.15) is 11.8 Å². The van der Waals surface area contributed by atoms with E-state index in [2.05, 4.69) is 10.3 Å². The number of amides is 1. The molecular formula is C22H23N3O4S3. The van der Waals surface area contributed by atoms with Crippen molar-refractivity contribution < 1.29 is 17.9 Å². The number of thiazole rings is 1. The average molecular weight is 490 g/mol. The highest BCUT2D eigenvalue weighted by Gasteiger charge is 2.38. The summed E-state index contributed by atoms with van der Waals surface area (Å²) in [7, 11) is -2.17. The number of anilines is 1. The lowest BCUT2D eigenvalue weighted by atomic mass is 10.2. The van der Waals surface area contributed by atoms with Gasteiger partial charge in [0.15, 0.2) is 5.13 Å². The number of benzene rings is 2. The second-order valence-corrected chi connectivity index (χ2v) is 11.2. The standard InChI is InChI=1S/C22H23N3O4S3/c1-15-3-9-18(10-4-15)32(27,28)25-11-12-30-14-20(25)21(26)24-22-23-19(13-31-22)16-5-7-17(29-2)8-6-16/h3-10,13,20H,11-12,14H2,1-2H3,(H,23,24,26). The molecule has 1 atom stereocenters. The number of ether oxygens (including phenoxy) is 1. The molecule has 1 fully saturated rings. The molecular weight excluding hydrogens is 466 g/mol. The fourth-order valence-corrected chi connectivity index (χ4v) is 6.91. The van der Waals surface area contributed by atoms with E-state index in [-0.39, 0.29) is 17.3 Å². The molecule has 0 radical (unpaired) electrons. The molecule has 7 nitrogen and oxygen atoms in total. The molecule has 0 bridgehead atoms. The minimum atomic E-state index is -3.78. The van der Waals surface area contributed by atoms with E-state index >= 15 is 0 Å². The number of nitrogens with one attached hydrogen (secondary N) is 1. The summed E-state index contributed by atoms with van der Waals surface area (Å²) < 4.78 is 32.9. The number of aromatic nitrogens is 1.